The minimum atomic E-state index is -0.794. The van der Waals surface area contributed by atoms with E-state index >= 15 is 0 Å². The van der Waals surface area contributed by atoms with E-state index in [4.69, 9.17) is 0 Å². The first kappa shape index (κ1) is 13.9. The minimum Gasteiger partial charge on any atom is -0.481 e. The lowest BCUT2D eigenvalue weighted by Crippen LogP contribution is -2.46. The lowest BCUT2D eigenvalue weighted by Gasteiger charge is -2.39. The molecule has 1 unspecified atom stereocenters. The molecule has 1 atom stereocenters. The molecule has 2 heterocycles. The van der Waals surface area contributed by atoms with Gasteiger partial charge < -0.3 is 5.11 Å². The molecule has 0 saturated carbocycles. The van der Waals surface area contributed by atoms with Crippen LogP contribution in [0.5, 0.6) is 0 Å². The Kier molecular flexibility index (Phi) is 4.47. The van der Waals surface area contributed by atoms with Crippen LogP contribution < -0.4 is 0 Å². The number of carboxylic acids is 1. The fraction of sp³-hybridized carbons (Fsp3) is 0.643. The summed E-state index contributed by atoms with van der Waals surface area (Å²) < 4.78 is 0. The van der Waals surface area contributed by atoms with Crippen LogP contribution in [-0.2, 0) is 10.3 Å². The van der Waals surface area contributed by atoms with Crippen molar-refractivity contribution in [1.82, 2.24) is 14.9 Å². The van der Waals surface area contributed by atoms with Crippen molar-refractivity contribution in [2.45, 2.75) is 44.6 Å². The second-order valence-electron chi connectivity index (χ2n) is 5.34. The molecule has 19 heavy (non-hydrogen) atoms. The van der Waals surface area contributed by atoms with Gasteiger partial charge in [-0.05, 0) is 32.9 Å². The second-order valence-corrected chi connectivity index (χ2v) is 5.34. The number of carboxylic acid groups (broad SMARTS) is 1. The van der Waals surface area contributed by atoms with Gasteiger partial charge in [-0.1, -0.05) is 12.8 Å². The average molecular weight is 263 g/mol. The van der Waals surface area contributed by atoms with Gasteiger partial charge in [0, 0.05) is 12.4 Å². The molecule has 0 aromatic carbocycles. The molecule has 1 N–H and O–H groups in total. The molecule has 0 radical (unpaired) electrons. The van der Waals surface area contributed by atoms with Gasteiger partial charge in [-0.15, -0.1) is 0 Å². The maximum atomic E-state index is 11.2. The molecule has 2 rings (SSSR count). The first-order chi connectivity index (χ1) is 9.13. The zero-order chi connectivity index (χ0) is 13.7. The summed E-state index contributed by atoms with van der Waals surface area (Å²) in [6.45, 7) is 3.83. The van der Waals surface area contributed by atoms with E-state index in [0.717, 1.165) is 31.6 Å². The molecule has 0 bridgehead atoms. The average Bonchev–Trinajstić information content (AvgIpc) is 2.68. The van der Waals surface area contributed by atoms with Crippen molar-refractivity contribution < 1.29 is 9.90 Å². The highest BCUT2D eigenvalue weighted by atomic mass is 16.4. The number of rotatable bonds is 4. The Hall–Kier alpha value is -1.49. The summed E-state index contributed by atoms with van der Waals surface area (Å²) in [5.74, 6) is -0.794. The summed E-state index contributed by atoms with van der Waals surface area (Å²) in [6, 6.07) is 0. The van der Waals surface area contributed by atoms with Crippen LogP contribution in [0.15, 0.2) is 18.6 Å². The third-order valence-electron chi connectivity index (χ3n) is 3.91. The Morgan fingerprint density at radius 2 is 2.00 bits per heavy atom. The molecule has 0 aliphatic carbocycles. The maximum Gasteiger partial charge on any atom is 0.305 e. The number of nitrogens with zero attached hydrogens (tertiary/aromatic N) is 3. The van der Waals surface area contributed by atoms with Gasteiger partial charge in [0.1, 0.15) is 0 Å². The van der Waals surface area contributed by atoms with Crippen molar-refractivity contribution in [2.75, 3.05) is 13.1 Å². The molecular formula is C14H21N3O2. The van der Waals surface area contributed by atoms with E-state index in [1.807, 2.05) is 6.92 Å². The number of hydrogen-bond acceptors (Lipinski definition) is 4. The Balaban J connectivity index is 2.30. The van der Waals surface area contributed by atoms with Gasteiger partial charge in [-0.3, -0.25) is 19.7 Å². The summed E-state index contributed by atoms with van der Waals surface area (Å²) in [6.07, 6.45) is 9.69. The predicted octanol–water partition coefficient (Wildman–Crippen LogP) is 2.04. The van der Waals surface area contributed by atoms with Gasteiger partial charge >= 0.3 is 5.97 Å². The summed E-state index contributed by atoms with van der Waals surface area (Å²) in [4.78, 5) is 21.9. The topological polar surface area (TPSA) is 66.3 Å². The van der Waals surface area contributed by atoms with Gasteiger partial charge in [0.15, 0.2) is 0 Å². The zero-order valence-corrected chi connectivity index (χ0v) is 11.4. The van der Waals surface area contributed by atoms with Crippen LogP contribution in [-0.4, -0.2) is 39.0 Å². The van der Waals surface area contributed by atoms with Crippen molar-refractivity contribution >= 4 is 5.97 Å². The highest BCUT2D eigenvalue weighted by Gasteiger charge is 2.37. The fourth-order valence-corrected chi connectivity index (χ4v) is 2.80. The van der Waals surface area contributed by atoms with E-state index in [2.05, 4.69) is 14.9 Å². The van der Waals surface area contributed by atoms with E-state index in [-0.39, 0.29) is 6.42 Å². The summed E-state index contributed by atoms with van der Waals surface area (Å²) in [5, 5.41) is 9.24. The summed E-state index contributed by atoms with van der Waals surface area (Å²) in [5.41, 5.74) is 0.184. The molecule has 1 saturated heterocycles. The molecule has 1 aliphatic heterocycles. The van der Waals surface area contributed by atoms with Crippen molar-refractivity contribution in [3.05, 3.63) is 24.3 Å². The standard InChI is InChI=1S/C14H21N3O2/c1-14(10-13(18)19,12-11-15-6-7-16-12)17-8-4-2-3-5-9-17/h6-7,11H,2-5,8-10H2,1H3,(H,18,19). The van der Waals surface area contributed by atoms with E-state index in [9.17, 15) is 9.90 Å². The van der Waals surface area contributed by atoms with Crippen LogP contribution in [0, 0.1) is 0 Å². The molecule has 104 valence electrons. The summed E-state index contributed by atoms with van der Waals surface area (Å²) >= 11 is 0. The first-order valence-electron chi connectivity index (χ1n) is 6.86. The lowest BCUT2D eigenvalue weighted by molar-refractivity contribution is -0.140. The second kappa shape index (κ2) is 6.10. The quantitative estimate of drug-likeness (QED) is 0.900. The van der Waals surface area contributed by atoms with Crippen molar-refractivity contribution in [2.24, 2.45) is 0 Å². The predicted molar refractivity (Wildman–Crippen MR) is 71.7 cm³/mol. The van der Waals surface area contributed by atoms with Crippen LogP contribution in [0.3, 0.4) is 0 Å². The minimum absolute atomic E-state index is 0.0612. The van der Waals surface area contributed by atoms with Crippen LogP contribution in [0.2, 0.25) is 0 Å². The lowest BCUT2D eigenvalue weighted by atomic mass is 9.91. The molecule has 1 aromatic rings. The third kappa shape index (κ3) is 3.29. The Morgan fingerprint density at radius 1 is 1.32 bits per heavy atom. The van der Waals surface area contributed by atoms with Crippen molar-refractivity contribution in [1.29, 1.82) is 0 Å². The highest BCUT2D eigenvalue weighted by molar-refractivity contribution is 5.68. The number of aliphatic carboxylic acids is 1. The monoisotopic (exact) mass is 263 g/mol. The summed E-state index contributed by atoms with van der Waals surface area (Å²) in [7, 11) is 0. The van der Waals surface area contributed by atoms with Gasteiger partial charge in [0.2, 0.25) is 0 Å². The van der Waals surface area contributed by atoms with Gasteiger partial charge in [0.25, 0.3) is 0 Å². The first-order valence-corrected chi connectivity index (χ1v) is 6.86. The largest absolute Gasteiger partial charge is 0.481 e. The van der Waals surface area contributed by atoms with Gasteiger partial charge in [-0.2, -0.15) is 0 Å². The zero-order valence-electron chi connectivity index (χ0n) is 11.4. The molecule has 1 aromatic heterocycles. The molecule has 0 amide bonds. The van der Waals surface area contributed by atoms with Crippen molar-refractivity contribution in [3.63, 3.8) is 0 Å². The number of aromatic nitrogens is 2. The van der Waals surface area contributed by atoms with E-state index in [1.165, 1.54) is 12.8 Å². The fourth-order valence-electron chi connectivity index (χ4n) is 2.80. The number of carbonyl (C=O) groups is 1. The highest BCUT2D eigenvalue weighted by Crippen LogP contribution is 2.32. The van der Waals surface area contributed by atoms with E-state index < -0.39 is 11.5 Å². The Bertz CT molecular complexity index is 416. The molecule has 0 spiro atoms. The maximum absolute atomic E-state index is 11.2. The smallest absolute Gasteiger partial charge is 0.305 e. The SMILES string of the molecule is CC(CC(=O)O)(c1cnccn1)N1CCCCCC1. The Morgan fingerprint density at radius 3 is 2.53 bits per heavy atom. The van der Waals surface area contributed by atoms with Crippen LogP contribution in [0.25, 0.3) is 0 Å². The molecule has 5 heteroatoms. The van der Waals surface area contributed by atoms with E-state index in [0.29, 0.717) is 0 Å². The molecule has 1 fully saturated rings. The van der Waals surface area contributed by atoms with Gasteiger partial charge in [-0.25, -0.2) is 0 Å². The Labute approximate surface area is 113 Å². The molecule has 1 aliphatic rings. The molecular weight excluding hydrogens is 242 g/mol. The van der Waals surface area contributed by atoms with Crippen LogP contribution in [0.1, 0.15) is 44.7 Å². The number of hydrogen-bond donors (Lipinski definition) is 1. The van der Waals surface area contributed by atoms with Gasteiger partial charge in [0.05, 0.1) is 23.9 Å². The van der Waals surface area contributed by atoms with Crippen molar-refractivity contribution in [3.8, 4) is 0 Å². The van der Waals surface area contributed by atoms with Crippen LogP contribution in [0.4, 0.5) is 0 Å². The van der Waals surface area contributed by atoms with Crippen LogP contribution >= 0.6 is 0 Å². The molecule has 5 nitrogen and oxygen atoms in total. The normalized spacial score (nSPS) is 20.5. The number of likely N-dealkylation sites (tertiary alicyclic amines) is 1. The third-order valence-corrected chi connectivity index (χ3v) is 3.91. The van der Waals surface area contributed by atoms with E-state index in [1.54, 1.807) is 18.6 Å².